The summed E-state index contributed by atoms with van der Waals surface area (Å²) in [5, 5.41) is 2.19. The summed E-state index contributed by atoms with van der Waals surface area (Å²) in [5.41, 5.74) is 2.91. The van der Waals surface area contributed by atoms with Crippen molar-refractivity contribution in [1.82, 2.24) is 0 Å². The van der Waals surface area contributed by atoms with Crippen LogP contribution in [0.15, 0.2) is 71.7 Å². The fraction of sp³-hybridized carbons (Fsp3) is 0. The minimum absolute atomic E-state index is 0.0111. The maximum atomic E-state index is 12.5. The van der Waals surface area contributed by atoms with Crippen molar-refractivity contribution in [3.05, 3.63) is 77.9 Å². The molecule has 1 heterocycles. The summed E-state index contributed by atoms with van der Waals surface area (Å²) in [5.74, 6) is 0.0111. The van der Waals surface area contributed by atoms with E-state index in [0.717, 1.165) is 22.0 Å². The lowest BCUT2D eigenvalue weighted by atomic mass is 9.97. The summed E-state index contributed by atoms with van der Waals surface area (Å²) in [7, 11) is 0. The van der Waals surface area contributed by atoms with Gasteiger partial charge in [0.1, 0.15) is 5.71 Å². The molecule has 0 fully saturated rings. The molecule has 0 unspecified atom stereocenters. The van der Waals surface area contributed by atoms with Crippen molar-refractivity contribution in [2.45, 2.75) is 0 Å². The van der Waals surface area contributed by atoms with E-state index in [2.05, 4.69) is 4.99 Å². The molecule has 4 rings (SSSR count). The zero-order valence-electron chi connectivity index (χ0n) is 10.7. The van der Waals surface area contributed by atoms with Crippen molar-refractivity contribution in [3.63, 3.8) is 0 Å². The van der Waals surface area contributed by atoms with Crippen LogP contribution in [0.4, 0.5) is 5.69 Å². The molecule has 0 amide bonds. The highest BCUT2D eigenvalue weighted by Gasteiger charge is 2.26. The molecule has 0 bridgehead atoms. The number of benzene rings is 3. The van der Waals surface area contributed by atoms with Gasteiger partial charge in [0.2, 0.25) is 5.78 Å². The molecule has 0 aliphatic carbocycles. The normalized spacial score (nSPS) is 13.4. The molecule has 2 heteroatoms. The summed E-state index contributed by atoms with van der Waals surface area (Å²) >= 11 is 0. The van der Waals surface area contributed by atoms with E-state index >= 15 is 0 Å². The molecule has 1 aliphatic rings. The Bertz CT molecular complexity index is 872. The van der Waals surface area contributed by atoms with Gasteiger partial charge in [-0.05, 0) is 22.9 Å². The number of rotatable bonds is 1. The first-order valence-electron chi connectivity index (χ1n) is 6.55. The summed E-state index contributed by atoms with van der Waals surface area (Å²) in [6.07, 6.45) is 0. The molecular formula is C18H11NO. The average Bonchev–Trinajstić information content (AvgIpc) is 2.84. The van der Waals surface area contributed by atoms with E-state index in [1.54, 1.807) is 0 Å². The Morgan fingerprint density at radius 2 is 1.40 bits per heavy atom. The molecule has 20 heavy (non-hydrogen) atoms. The van der Waals surface area contributed by atoms with Gasteiger partial charge in [0.15, 0.2) is 0 Å². The third kappa shape index (κ3) is 1.51. The van der Waals surface area contributed by atoms with E-state index in [-0.39, 0.29) is 5.78 Å². The summed E-state index contributed by atoms with van der Waals surface area (Å²) in [6.45, 7) is 0. The van der Waals surface area contributed by atoms with Crippen LogP contribution < -0.4 is 0 Å². The molecule has 0 aromatic heterocycles. The molecule has 0 N–H and O–H groups in total. The van der Waals surface area contributed by atoms with E-state index in [0.29, 0.717) is 11.3 Å². The Kier molecular flexibility index (Phi) is 2.30. The number of carbonyl (C=O) groups is 1. The first-order valence-corrected chi connectivity index (χ1v) is 6.55. The first-order chi connectivity index (χ1) is 9.84. The van der Waals surface area contributed by atoms with Crippen molar-refractivity contribution in [1.29, 1.82) is 0 Å². The fourth-order valence-corrected chi connectivity index (χ4v) is 2.68. The maximum absolute atomic E-state index is 12.5. The topological polar surface area (TPSA) is 29.4 Å². The van der Waals surface area contributed by atoms with E-state index in [1.165, 1.54) is 0 Å². The summed E-state index contributed by atoms with van der Waals surface area (Å²) < 4.78 is 0. The third-order valence-electron chi connectivity index (χ3n) is 3.64. The predicted molar refractivity (Wildman–Crippen MR) is 80.9 cm³/mol. The number of aliphatic imine (C=N–C) groups is 1. The number of hydrogen-bond donors (Lipinski definition) is 0. The Balaban J connectivity index is 1.97. The SMILES string of the molecule is O=C1C(c2cccc3ccccc23)=Nc2ccccc21. The molecule has 0 saturated carbocycles. The second kappa shape index (κ2) is 4.14. The van der Waals surface area contributed by atoms with Gasteiger partial charge in [-0.3, -0.25) is 4.79 Å². The van der Waals surface area contributed by atoms with Crippen LogP contribution in [0.25, 0.3) is 10.8 Å². The minimum Gasteiger partial charge on any atom is -0.287 e. The highest BCUT2D eigenvalue weighted by Crippen LogP contribution is 2.30. The van der Waals surface area contributed by atoms with E-state index in [1.807, 2.05) is 66.7 Å². The van der Waals surface area contributed by atoms with Crippen molar-refractivity contribution in [3.8, 4) is 0 Å². The van der Waals surface area contributed by atoms with Crippen LogP contribution >= 0.6 is 0 Å². The molecule has 1 aliphatic heterocycles. The standard InChI is InChI=1S/C18H11NO/c20-18-15-9-3-4-11-16(15)19-17(18)14-10-5-7-12-6-1-2-8-13(12)14/h1-11H. The summed E-state index contributed by atoms with van der Waals surface area (Å²) in [4.78, 5) is 17.0. The lowest BCUT2D eigenvalue weighted by Crippen LogP contribution is -2.11. The largest absolute Gasteiger partial charge is 0.287 e. The zero-order chi connectivity index (χ0) is 13.5. The number of para-hydroxylation sites is 1. The average molecular weight is 257 g/mol. The Labute approximate surface area is 116 Å². The second-order valence-electron chi connectivity index (χ2n) is 4.83. The van der Waals surface area contributed by atoms with Gasteiger partial charge in [0.05, 0.1) is 5.69 Å². The van der Waals surface area contributed by atoms with Gasteiger partial charge in [-0.15, -0.1) is 0 Å². The highest BCUT2D eigenvalue weighted by molar-refractivity contribution is 6.56. The lowest BCUT2D eigenvalue weighted by Gasteiger charge is -2.05. The highest BCUT2D eigenvalue weighted by atomic mass is 16.1. The molecule has 0 radical (unpaired) electrons. The first kappa shape index (κ1) is 11.1. The molecule has 3 aromatic rings. The third-order valence-corrected chi connectivity index (χ3v) is 3.64. The van der Waals surface area contributed by atoms with Crippen LogP contribution in [0.1, 0.15) is 15.9 Å². The Hall–Kier alpha value is -2.74. The number of nitrogens with zero attached hydrogens (tertiary/aromatic N) is 1. The van der Waals surface area contributed by atoms with Gasteiger partial charge < -0.3 is 0 Å². The van der Waals surface area contributed by atoms with E-state index in [9.17, 15) is 4.79 Å². The second-order valence-corrected chi connectivity index (χ2v) is 4.83. The van der Waals surface area contributed by atoms with Crippen molar-refractivity contribution in [2.24, 2.45) is 4.99 Å². The van der Waals surface area contributed by atoms with Crippen molar-refractivity contribution in [2.75, 3.05) is 0 Å². The molecular weight excluding hydrogens is 246 g/mol. The predicted octanol–water partition coefficient (Wildman–Crippen LogP) is 4.16. The molecule has 3 aromatic carbocycles. The molecule has 2 nitrogen and oxygen atoms in total. The van der Waals surface area contributed by atoms with Crippen LogP contribution in [0.2, 0.25) is 0 Å². The van der Waals surface area contributed by atoms with Gasteiger partial charge in [0, 0.05) is 11.1 Å². The number of carbonyl (C=O) groups excluding carboxylic acids is 1. The summed E-state index contributed by atoms with van der Waals surface area (Å²) in [6, 6.07) is 21.5. The molecule has 94 valence electrons. The van der Waals surface area contributed by atoms with Crippen LogP contribution in [0, 0.1) is 0 Å². The van der Waals surface area contributed by atoms with Gasteiger partial charge in [-0.1, -0.05) is 54.6 Å². The number of ketones is 1. The molecule has 0 spiro atoms. The van der Waals surface area contributed by atoms with Crippen molar-refractivity contribution >= 4 is 28.0 Å². The Morgan fingerprint density at radius 1 is 0.700 bits per heavy atom. The molecule has 0 atom stereocenters. The van der Waals surface area contributed by atoms with Gasteiger partial charge in [-0.2, -0.15) is 0 Å². The van der Waals surface area contributed by atoms with Crippen LogP contribution in [-0.4, -0.2) is 11.5 Å². The van der Waals surface area contributed by atoms with Crippen LogP contribution in [0.5, 0.6) is 0 Å². The smallest absolute Gasteiger partial charge is 0.214 e. The quantitative estimate of drug-likeness (QED) is 0.643. The monoisotopic (exact) mass is 257 g/mol. The zero-order valence-corrected chi connectivity index (χ0v) is 10.7. The molecule has 0 saturated heterocycles. The van der Waals surface area contributed by atoms with E-state index < -0.39 is 0 Å². The maximum Gasteiger partial charge on any atom is 0.214 e. The van der Waals surface area contributed by atoms with E-state index in [4.69, 9.17) is 0 Å². The number of hydrogen-bond acceptors (Lipinski definition) is 2. The van der Waals surface area contributed by atoms with Gasteiger partial charge in [-0.25, -0.2) is 4.99 Å². The van der Waals surface area contributed by atoms with Crippen LogP contribution in [0.3, 0.4) is 0 Å². The van der Waals surface area contributed by atoms with Crippen LogP contribution in [-0.2, 0) is 0 Å². The number of fused-ring (bicyclic) bond motifs is 2. The Morgan fingerprint density at radius 3 is 2.30 bits per heavy atom. The van der Waals surface area contributed by atoms with Gasteiger partial charge >= 0.3 is 0 Å². The fourth-order valence-electron chi connectivity index (χ4n) is 2.68. The van der Waals surface area contributed by atoms with Crippen molar-refractivity contribution < 1.29 is 4.79 Å². The van der Waals surface area contributed by atoms with Gasteiger partial charge in [0.25, 0.3) is 0 Å². The lowest BCUT2D eigenvalue weighted by molar-refractivity contribution is 0.107. The minimum atomic E-state index is 0.0111. The number of Topliss-reactive ketones (excluding diaryl/α,β-unsaturated/α-hetero) is 1.